The van der Waals surface area contributed by atoms with E-state index in [0.717, 1.165) is 21.9 Å². The van der Waals surface area contributed by atoms with Gasteiger partial charge in [0.25, 0.3) is 5.92 Å². The molecule has 0 unspecified atom stereocenters. The molecule has 1 aromatic heterocycles. The largest absolute Gasteiger partial charge is 0.494 e. The fourth-order valence-electron chi connectivity index (χ4n) is 4.93. The molecule has 3 aromatic rings. The number of urea groups is 1. The maximum atomic E-state index is 15.1. The van der Waals surface area contributed by atoms with Gasteiger partial charge in [0.1, 0.15) is 35.2 Å². The van der Waals surface area contributed by atoms with E-state index in [2.05, 4.69) is 5.16 Å². The Balaban J connectivity index is 1.49. The molecule has 2 amide bonds. The van der Waals surface area contributed by atoms with E-state index < -0.39 is 58.8 Å². The van der Waals surface area contributed by atoms with E-state index in [1.165, 1.54) is 25.1 Å². The Hall–Kier alpha value is -3.39. The number of sulfonamides is 1. The van der Waals surface area contributed by atoms with Gasteiger partial charge in [-0.1, -0.05) is 11.2 Å². The van der Waals surface area contributed by atoms with Gasteiger partial charge in [-0.2, -0.15) is 0 Å². The molecule has 2 saturated heterocycles. The maximum absolute atomic E-state index is 15.1. The van der Waals surface area contributed by atoms with Gasteiger partial charge < -0.3 is 19.1 Å². The molecule has 1 N–H and O–H groups in total. The SMILES string of the molecule is CCOc1cc(-c2c(F)cccc2F)c2c(CN3C[C@H]4N(C[C@@H](NS(=O)(=O)CC)C4(F)F)C3=O)noc2c1. The number of halogens is 4. The van der Waals surface area contributed by atoms with Crippen LogP contribution in [0.25, 0.3) is 22.1 Å². The summed E-state index contributed by atoms with van der Waals surface area (Å²) in [7, 11) is -3.92. The minimum atomic E-state index is -3.92. The zero-order valence-corrected chi connectivity index (χ0v) is 21.2. The standard InChI is InChI=1S/C24H24F4N4O5S/c1-3-36-13-8-14(21-15(25)6-5-7-16(21)26)22-17(29-37-18(22)9-13)10-31-12-20-24(27,28)19(11-32(20)23(31)33)30-38(34,35)4-2/h5-9,19-20,30H,3-4,10-12H2,1-2H3/t19-,20-/m1/s1. The highest BCUT2D eigenvalue weighted by atomic mass is 32.2. The molecule has 0 saturated carbocycles. The third kappa shape index (κ3) is 4.34. The van der Waals surface area contributed by atoms with Crippen molar-refractivity contribution in [3.63, 3.8) is 0 Å². The molecule has 5 rings (SSSR count). The molecule has 9 nitrogen and oxygen atoms in total. The number of alkyl halides is 2. The zero-order valence-electron chi connectivity index (χ0n) is 20.4. The van der Waals surface area contributed by atoms with Gasteiger partial charge in [-0.3, -0.25) is 0 Å². The Morgan fingerprint density at radius 1 is 1.18 bits per heavy atom. The van der Waals surface area contributed by atoms with Crippen molar-refractivity contribution >= 4 is 27.0 Å². The van der Waals surface area contributed by atoms with E-state index in [4.69, 9.17) is 9.26 Å². The van der Waals surface area contributed by atoms with Crippen LogP contribution in [0.2, 0.25) is 0 Å². The number of carbonyl (C=O) groups is 1. The van der Waals surface area contributed by atoms with E-state index >= 15 is 8.78 Å². The van der Waals surface area contributed by atoms with Crippen LogP contribution in [0.5, 0.6) is 5.75 Å². The molecule has 2 atom stereocenters. The summed E-state index contributed by atoms with van der Waals surface area (Å²) in [5.74, 6) is -5.31. The van der Waals surface area contributed by atoms with Crippen LogP contribution in [0.3, 0.4) is 0 Å². The fourth-order valence-corrected chi connectivity index (χ4v) is 5.77. The first-order valence-corrected chi connectivity index (χ1v) is 13.5. The maximum Gasteiger partial charge on any atom is 0.321 e. The van der Waals surface area contributed by atoms with Crippen molar-refractivity contribution < 1.29 is 40.0 Å². The predicted molar refractivity (Wildman–Crippen MR) is 128 cm³/mol. The third-order valence-electron chi connectivity index (χ3n) is 6.78. The molecule has 2 aliphatic rings. The molecule has 3 heterocycles. The number of nitrogens with zero attached hydrogens (tertiary/aromatic N) is 3. The Labute approximate surface area is 215 Å². The summed E-state index contributed by atoms with van der Waals surface area (Å²) in [5.41, 5.74) is -0.0318. The number of hydrogen-bond donors (Lipinski definition) is 1. The first-order chi connectivity index (χ1) is 18.0. The van der Waals surface area contributed by atoms with Gasteiger partial charge in [0.15, 0.2) is 5.58 Å². The number of hydrogen-bond acceptors (Lipinski definition) is 6. The lowest BCUT2D eigenvalue weighted by Gasteiger charge is -2.24. The first kappa shape index (κ1) is 26.2. The summed E-state index contributed by atoms with van der Waals surface area (Å²) in [6, 6.07) is 2.26. The van der Waals surface area contributed by atoms with Crippen molar-refractivity contribution in [2.75, 3.05) is 25.4 Å². The molecule has 0 aliphatic carbocycles. The molecule has 0 radical (unpaired) electrons. The summed E-state index contributed by atoms with van der Waals surface area (Å²) >= 11 is 0. The van der Waals surface area contributed by atoms with E-state index in [9.17, 15) is 22.0 Å². The summed E-state index contributed by atoms with van der Waals surface area (Å²) in [4.78, 5) is 15.1. The van der Waals surface area contributed by atoms with E-state index in [0.29, 0.717) is 0 Å². The second-order valence-electron chi connectivity index (χ2n) is 9.08. The summed E-state index contributed by atoms with van der Waals surface area (Å²) in [5, 5.41) is 4.18. The zero-order chi connectivity index (χ0) is 27.4. The first-order valence-electron chi connectivity index (χ1n) is 11.9. The molecular weight excluding hydrogens is 532 g/mol. The molecule has 38 heavy (non-hydrogen) atoms. The van der Waals surface area contributed by atoms with Crippen molar-refractivity contribution in [2.24, 2.45) is 0 Å². The number of nitrogens with one attached hydrogen (secondary N) is 1. The lowest BCUT2D eigenvalue weighted by atomic mass is 9.98. The molecule has 0 bridgehead atoms. The third-order valence-corrected chi connectivity index (χ3v) is 8.18. The van der Waals surface area contributed by atoms with E-state index in [1.807, 2.05) is 4.72 Å². The molecule has 2 aliphatic heterocycles. The van der Waals surface area contributed by atoms with E-state index in [1.54, 1.807) is 6.92 Å². The number of fused-ring (bicyclic) bond motifs is 2. The number of amides is 2. The molecule has 204 valence electrons. The van der Waals surface area contributed by atoms with Crippen LogP contribution in [-0.4, -0.2) is 72.9 Å². The lowest BCUT2D eigenvalue weighted by Crippen LogP contribution is -2.51. The van der Waals surface area contributed by atoms with Crippen LogP contribution < -0.4 is 9.46 Å². The van der Waals surface area contributed by atoms with Gasteiger partial charge in [0.2, 0.25) is 10.0 Å². The minimum Gasteiger partial charge on any atom is -0.494 e. The van der Waals surface area contributed by atoms with Crippen LogP contribution in [0.15, 0.2) is 34.9 Å². The monoisotopic (exact) mass is 556 g/mol. The molecule has 0 spiro atoms. The summed E-state index contributed by atoms with van der Waals surface area (Å²) in [6.07, 6.45) is 0. The molecule has 14 heteroatoms. The normalized spacial score (nSPS) is 20.9. The number of carbonyl (C=O) groups excluding carboxylic acids is 1. The summed E-state index contributed by atoms with van der Waals surface area (Å²) in [6.45, 7) is 2.13. The Kier molecular flexibility index (Phi) is 6.50. The Bertz CT molecular complexity index is 1490. The van der Waals surface area contributed by atoms with Gasteiger partial charge >= 0.3 is 6.03 Å². The van der Waals surface area contributed by atoms with E-state index in [-0.39, 0.29) is 52.4 Å². The quantitative estimate of drug-likeness (QED) is 0.424. The molecule has 2 aromatic carbocycles. The van der Waals surface area contributed by atoms with Gasteiger partial charge in [0.05, 0.1) is 29.9 Å². The molecule has 2 fully saturated rings. The number of rotatable bonds is 8. The highest BCUT2D eigenvalue weighted by Gasteiger charge is 2.62. The van der Waals surface area contributed by atoms with Crippen molar-refractivity contribution in [1.29, 1.82) is 0 Å². The minimum absolute atomic E-state index is 0.0734. The van der Waals surface area contributed by atoms with Crippen LogP contribution in [0.1, 0.15) is 19.5 Å². The number of benzene rings is 2. The predicted octanol–water partition coefficient (Wildman–Crippen LogP) is 3.73. The van der Waals surface area contributed by atoms with Crippen molar-refractivity contribution in [2.45, 2.75) is 38.4 Å². The number of ether oxygens (including phenoxy) is 1. The van der Waals surface area contributed by atoms with Crippen molar-refractivity contribution in [3.05, 3.63) is 47.7 Å². The van der Waals surface area contributed by atoms with Crippen LogP contribution in [0.4, 0.5) is 22.4 Å². The second kappa shape index (κ2) is 9.42. The number of aromatic nitrogens is 1. The van der Waals surface area contributed by atoms with Gasteiger partial charge in [-0.15, -0.1) is 0 Å². The topological polar surface area (TPSA) is 105 Å². The fraction of sp³-hybridized carbons (Fsp3) is 0.417. The Morgan fingerprint density at radius 2 is 1.89 bits per heavy atom. The highest BCUT2D eigenvalue weighted by Crippen LogP contribution is 2.41. The van der Waals surface area contributed by atoms with Gasteiger partial charge in [-0.25, -0.2) is 35.5 Å². The highest BCUT2D eigenvalue weighted by molar-refractivity contribution is 7.89. The second-order valence-corrected chi connectivity index (χ2v) is 11.1. The smallest absolute Gasteiger partial charge is 0.321 e. The van der Waals surface area contributed by atoms with Crippen LogP contribution in [-0.2, 0) is 16.6 Å². The van der Waals surface area contributed by atoms with Gasteiger partial charge in [0, 0.05) is 24.7 Å². The molecular formula is C24H24F4N4O5S. The van der Waals surface area contributed by atoms with Crippen molar-refractivity contribution in [3.8, 4) is 16.9 Å². The van der Waals surface area contributed by atoms with Crippen molar-refractivity contribution in [1.82, 2.24) is 19.7 Å². The summed E-state index contributed by atoms with van der Waals surface area (Å²) < 4.78 is 96.4. The van der Waals surface area contributed by atoms with Gasteiger partial charge in [-0.05, 0) is 32.0 Å². The average molecular weight is 557 g/mol. The lowest BCUT2D eigenvalue weighted by molar-refractivity contribution is -0.0359. The Morgan fingerprint density at radius 3 is 2.53 bits per heavy atom. The van der Waals surface area contributed by atoms with Crippen LogP contribution >= 0.6 is 0 Å². The average Bonchev–Trinajstić information content (AvgIpc) is 3.47. The van der Waals surface area contributed by atoms with Crippen LogP contribution in [0, 0.1) is 11.6 Å².